The molecule has 0 saturated heterocycles. The Labute approximate surface area is 99.8 Å². The maximum absolute atomic E-state index is 11.2. The molecule has 0 spiro atoms. The van der Waals surface area contributed by atoms with E-state index in [1.165, 1.54) is 6.92 Å². The smallest absolute Gasteiger partial charge is 0.268 e. The van der Waals surface area contributed by atoms with Gasteiger partial charge in [0.2, 0.25) is 5.88 Å². The summed E-state index contributed by atoms with van der Waals surface area (Å²) in [6.45, 7) is 1.39. The van der Waals surface area contributed by atoms with Crippen molar-refractivity contribution >= 4 is 32.4 Å². The highest BCUT2D eigenvalue weighted by atomic mass is 127. The molecule has 0 aromatic carbocycles. The average Bonchev–Trinajstić information content (AvgIpc) is 2.10. The SMILES string of the molecule is CC(c1nc(O)c(I)c(=O)[nH]1)S(C)(=O)=O. The molecule has 0 radical (unpaired) electrons. The number of sulfone groups is 1. The molecular weight excluding hydrogens is 335 g/mol. The highest BCUT2D eigenvalue weighted by Gasteiger charge is 2.21. The Bertz CT molecular complexity index is 536. The lowest BCUT2D eigenvalue weighted by molar-refractivity contribution is 0.442. The monoisotopic (exact) mass is 344 g/mol. The average molecular weight is 344 g/mol. The van der Waals surface area contributed by atoms with E-state index in [1.54, 1.807) is 22.6 Å². The molecule has 1 rings (SSSR count). The molecule has 0 aliphatic carbocycles. The Morgan fingerprint density at radius 3 is 2.47 bits per heavy atom. The molecule has 6 nitrogen and oxygen atoms in total. The molecule has 84 valence electrons. The third kappa shape index (κ3) is 2.68. The van der Waals surface area contributed by atoms with E-state index in [4.69, 9.17) is 0 Å². The number of H-pyrrole nitrogens is 1. The maximum atomic E-state index is 11.2. The molecule has 0 aliphatic rings. The van der Waals surface area contributed by atoms with Gasteiger partial charge in [0.05, 0.1) is 0 Å². The van der Waals surface area contributed by atoms with E-state index < -0.39 is 26.5 Å². The number of halogens is 1. The van der Waals surface area contributed by atoms with Gasteiger partial charge in [-0.05, 0) is 29.5 Å². The van der Waals surface area contributed by atoms with Gasteiger partial charge in [-0.3, -0.25) is 4.79 Å². The van der Waals surface area contributed by atoms with Crippen LogP contribution in [0.2, 0.25) is 0 Å². The lowest BCUT2D eigenvalue weighted by Gasteiger charge is -2.08. The minimum absolute atomic E-state index is 0.0389. The summed E-state index contributed by atoms with van der Waals surface area (Å²) in [6.07, 6.45) is 1.03. The summed E-state index contributed by atoms with van der Waals surface area (Å²) in [4.78, 5) is 17.2. The van der Waals surface area contributed by atoms with Crippen LogP contribution in [0.5, 0.6) is 5.88 Å². The van der Waals surface area contributed by atoms with E-state index in [9.17, 15) is 18.3 Å². The topological polar surface area (TPSA) is 100 Å². The number of aromatic hydroxyl groups is 1. The van der Waals surface area contributed by atoms with Crippen LogP contribution < -0.4 is 5.56 Å². The molecule has 1 heterocycles. The highest BCUT2D eigenvalue weighted by molar-refractivity contribution is 14.1. The second kappa shape index (κ2) is 4.08. The molecule has 15 heavy (non-hydrogen) atoms. The van der Waals surface area contributed by atoms with Crippen LogP contribution in [-0.2, 0) is 9.84 Å². The fourth-order valence-corrected chi connectivity index (χ4v) is 1.63. The summed E-state index contributed by atoms with van der Waals surface area (Å²) in [7, 11) is -3.35. The first-order chi connectivity index (χ1) is 6.73. The van der Waals surface area contributed by atoms with Crippen molar-refractivity contribution in [3.63, 3.8) is 0 Å². The third-order valence-corrected chi connectivity index (χ3v) is 4.37. The molecule has 1 atom stereocenters. The molecule has 8 heteroatoms. The summed E-state index contributed by atoms with van der Waals surface area (Å²) in [5, 5.41) is 8.31. The Morgan fingerprint density at radius 2 is 2.07 bits per heavy atom. The summed E-state index contributed by atoms with van der Waals surface area (Å²) in [6, 6.07) is 0. The van der Waals surface area contributed by atoms with E-state index in [1.807, 2.05) is 0 Å². The van der Waals surface area contributed by atoms with Gasteiger partial charge in [-0.25, -0.2) is 8.42 Å². The Kier molecular flexibility index (Phi) is 3.38. The summed E-state index contributed by atoms with van der Waals surface area (Å²) >= 11 is 1.62. The minimum Gasteiger partial charge on any atom is -0.492 e. The zero-order valence-corrected chi connectivity index (χ0v) is 11.0. The second-order valence-corrected chi connectivity index (χ2v) is 6.51. The molecule has 1 aromatic rings. The third-order valence-electron chi connectivity index (χ3n) is 1.89. The zero-order valence-electron chi connectivity index (χ0n) is 7.98. The van der Waals surface area contributed by atoms with Crippen LogP contribution in [0.25, 0.3) is 0 Å². The van der Waals surface area contributed by atoms with E-state index >= 15 is 0 Å². The fraction of sp³-hybridized carbons (Fsp3) is 0.429. The summed E-state index contributed by atoms with van der Waals surface area (Å²) < 4.78 is 22.4. The molecule has 1 aromatic heterocycles. The molecule has 0 fully saturated rings. The number of aromatic amines is 1. The molecule has 1 unspecified atom stereocenters. The minimum atomic E-state index is -3.35. The van der Waals surface area contributed by atoms with Crippen LogP contribution in [0.15, 0.2) is 4.79 Å². The number of nitrogens with one attached hydrogen (secondary N) is 1. The molecule has 2 N–H and O–H groups in total. The first kappa shape index (κ1) is 12.4. The van der Waals surface area contributed by atoms with Gasteiger partial charge in [0.1, 0.15) is 14.6 Å². The Hall–Kier alpha value is -0.640. The van der Waals surface area contributed by atoms with Gasteiger partial charge in [0, 0.05) is 6.26 Å². The van der Waals surface area contributed by atoms with E-state index in [0.29, 0.717) is 0 Å². The lowest BCUT2D eigenvalue weighted by Crippen LogP contribution is -2.19. The van der Waals surface area contributed by atoms with Gasteiger partial charge in [-0.2, -0.15) is 4.98 Å². The van der Waals surface area contributed by atoms with E-state index in [0.717, 1.165) is 6.26 Å². The molecule has 0 aliphatic heterocycles. The van der Waals surface area contributed by atoms with Crippen LogP contribution in [0, 0.1) is 3.57 Å². The van der Waals surface area contributed by atoms with Crippen LogP contribution in [-0.4, -0.2) is 29.7 Å². The maximum Gasteiger partial charge on any atom is 0.268 e. The fourth-order valence-electron chi connectivity index (χ4n) is 0.859. The van der Waals surface area contributed by atoms with Crippen molar-refractivity contribution in [1.82, 2.24) is 9.97 Å². The van der Waals surface area contributed by atoms with E-state index in [2.05, 4.69) is 9.97 Å². The van der Waals surface area contributed by atoms with Crippen molar-refractivity contribution in [2.75, 3.05) is 6.26 Å². The quantitative estimate of drug-likeness (QED) is 0.746. The normalized spacial score (nSPS) is 13.8. The molecular formula is C7H9IN2O4S. The Morgan fingerprint density at radius 1 is 1.53 bits per heavy atom. The largest absolute Gasteiger partial charge is 0.492 e. The van der Waals surface area contributed by atoms with Gasteiger partial charge in [-0.15, -0.1) is 0 Å². The lowest BCUT2D eigenvalue weighted by atomic mass is 10.4. The van der Waals surface area contributed by atoms with Crippen LogP contribution in [0.4, 0.5) is 0 Å². The van der Waals surface area contributed by atoms with Crippen molar-refractivity contribution in [3.8, 4) is 5.88 Å². The van der Waals surface area contributed by atoms with Gasteiger partial charge in [-0.1, -0.05) is 0 Å². The van der Waals surface area contributed by atoms with Crippen molar-refractivity contribution in [1.29, 1.82) is 0 Å². The molecule has 0 bridgehead atoms. The second-order valence-electron chi connectivity index (χ2n) is 3.06. The van der Waals surface area contributed by atoms with Gasteiger partial charge < -0.3 is 10.1 Å². The van der Waals surface area contributed by atoms with Crippen molar-refractivity contribution in [2.24, 2.45) is 0 Å². The van der Waals surface area contributed by atoms with E-state index in [-0.39, 0.29) is 9.39 Å². The number of hydrogen-bond acceptors (Lipinski definition) is 5. The van der Waals surface area contributed by atoms with Crippen LogP contribution in [0.1, 0.15) is 18.0 Å². The number of hydrogen-bond donors (Lipinski definition) is 2. The van der Waals surface area contributed by atoms with Gasteiger partial charge in [0.25, 0.3) is 5.56 Å². The van der Waals surface area contributed by atoms with Crippen molar-refractivity contribution in [2.45, 2.75) is 12.2 Å². The zero-order chi connectivity index (χ0) is 11.8. The molecule has 0 amide bonds. The molecule has 0 saturated carbocycles. The first-order valence-corrected chi connectivity index (χ1v) is 6.94. The van der Waals surface area contributed by atoms with Crippen molar-refractivity contribution < 1.29 is 13.5 Å². The number of rotatable bonds is 2. The standard InChI is InChI=1S/C7H9IN2O4S/c1-3(15(2,13)14)5-9-6(11)4(8)7(12)10-5/h3H,1-2H3,(H2,9,10,11,12). The summed E-state index contributed by atoms with van der Waals surface area (Å²) in [5.74, 6) is -0.509. The predicted molar refractivity (Wildman–Crippen MR) is 62.5 cm³/mol. The van der Waals surface area contributed by atoms with Crippen LogP contribution >= 0.6 is 22.6 Å². The summed E-state index contributed by atoms with van der Waals surface area (Å²) in [5.41, 5.74) is -0.548. The first-order valence-electron chi connectivity index (χ1n) is 3.91. The van der Waals surface area contributed by atoms with Crippen LogP contribution in [0.3, 0.4) is 0 Å². The predicted octanol–water partition coefficient (Wildman–Crippen LogP) is 0.186. The Balaban J connectivity index is 3.36. The number of aromatic nitrogens is 2. The number of nitrogens with zero attached hydrogens (tertiary/aromatic N) is 1. The van der Waals surface area contributed by atoms with Gasteiger partial charge in [0.15, 0.2) is 9.84 Å². The van der Waals surface area contributed by atoms with Crippen molar-refractivity contribution in [3.05, 3.63) is 19.7 Å². The highest BCUT2D eigenvalue weighted by Crippen LogP contribution is 2.19. The van der Waals surface area contributed by atoms with Gasteiger partial charge >= 0.3 is 0 Å².